The average molecular weight is 359 g/mol. The van der Waals surface area contributed by atoms with Gasteiger partial charge in [-0.1, -0.05) is 12.1 Å². The lowest BCUT2D eigenvalue weighted by molar-refractivity contribution is 0.00578. The summed E-state index contributed by atoms with van der Waals surface area (Å²) in [7, 11) is 0.873. The largest absolute Gasteiger partial charge is 0.516 e. The predicted molar refractivity (Wildman–Crippen MR) is 98.0 cm³/mol. The van der Waals surface area contributed by atoms with E-state index in [1.165, 1.54) is 6.20 Å². The van der Waals surface area contributed by atoms with Crippen molar-refractivity contribution >= 4 is 18.5 Å². The first-order chi connectivity index (χ1) is 12.2. The van der Waals surface area contributed by atoms with E-state index >= 15 is 0 Å². The van der Waals surface area contributed by atoms with Crippen molar-refractivity contribution in [3.63, 3.8) is 0 Å². The smallest absolute Gasteiger partial charge is 0.497 e. The Morgan fingerprint density at radius 1 is 1.12 bits per heavy atom. The molecule has 1 fully saturated rings. The third kappa shape index (κ3) is 3.66. The SMILES string of the molecule is COc1ccc(CNc2ncc(B3OC(C)(C)C(C)(C)O3)nc2F)cc1. The van der Waals surface area contributed by atoms with E-state index in [0.29, 0.717) is 12.1 Å². The first-order valence-electron chi connectivity index (χ1n) is 8.47. The lowest BCUT2D eigenvalue weighted by Gasteiger charge is -2.32. The minimum atomic E-state index is -0.738. The molecule has 6 nitrogen and oxygen atoms in total. The molecule has 0 saturated carbocycles. The van der Waals surface area contributed by atoms with Crippen LogP contribution >= 0.6 is 0 Å². The van der Waals surface area contributed by atoms with Gasteiger partial charge in [-0.05, 0) is 45.4 Å². The summed E-state index contributed by atoms with van der Waals surface area (Å²) >= 11 is 0. The lowest BCUT2D eigenvalue weighted by atomic mass is 9.85. The molecule has 0 unspecified atom stereocenters. The van der Waals surface area contributed by atoms with E-state index in [4.69, 9.17) is 14.0 Å². The third-order valence-electron chi connectivity index (χ3n) is 4.86. The minimum Gasteiger partial charge on any atom is -0.497 e. The number of methoxy groups -OCH3 is 1. The van der Waals surface area contributed by atoms with Crippen molar-refractivity contribution < 1.29 is 18.4 Å². The molecule has 0 aliphatic carbocycles. The summed E-state index contributed by atoms with van der Waals surface area (Å²) in [6.07, 6.45) is 1.47. The van der Waals surface area contributed by atoms with E-state index in [0.717, 1.165) is 11.3 Å². The van der Waals surface area contributed by atoms with Gasteiger partial charge in [-0.2, -0.15) is 4.39 Å². The van der Waals surface area contributed by atoms with E-state index in [9.17, 15) is 4.39 Å². The molecular weight excluding hydrogens is 336 g/mol. The zero-order valence-electron chi connectivity index (χ0n) is 15.7. The maximum atomic E-state index is 14.3. The van der Waals surface area contributed by atoms with Crippen LogP contribution in [0.25, 0.3) is 0 Å². The molecule has 3 rings (SSSR count). The van der Waals surface area contributed by atoms with Gasteiger partial charge in [-0.3, -0.25) is 0 Å². The van der Waals surface area contributed by atoms with Crippen LogP contribution in [-0.4, -0.2) is 35.4 Å². The summed E-state index contributed by atoms with van der Waals surface area (Å²) in [5, 5.41) is 2.95. The summed E-state index contributed by atoms with van der Waals surface area (Å²) in [6, 6.07) is 7.49. The number of anilines is 1. The molecule has 1 aliphatic rings. The Bertz CT molecular complexity index is 768. The quantitative estimate of drug-likeness (QED) is 0.828. The highest BCUT2D eigenvalue weighted by atomic mass is 19.1. The maximum absolute atomic E-state index is 14.3. The van der Waals surface area contributed by atoms with Gasteiger partial charge < -0.3 is 19.4 Å². The van der Waals surface area contributed by atoms with Crippen LogP contribution in [0, 0.1) is 5.95 Å². The van der Waals surface area contributed by atoms with Crippen molar-refractivity contribution in [3.8, 4) is 5.75 Å². The van der Waals surface area contributed by atoms with Crippen LogP contribution in [0.5, 0.6) is 5.75 Å². The molecule has 0 radical (unpaired) electrons. The fourth-order valence-corrected chi connectivity index (χ4v) is 2.50. The molecule has 1 N–H and O–H groups in total. The Morgan fingerprint density at radius 2 is 1.73 bits per heavy atom. The number of rotatable bonds is 5. The van der Waals surface area contributed by atoms with Gasteiger partial charge in [0, 0.05) is 12.7 Å². The van der Waals surface area contributed by atoms with Gasteiger partial charge in [0.05, 0.1) is 23.9 Å². The topological polar surface area (TPSA) is 65.5 Å². The summed E-state index contributed by atoms with van der Waals surface area (Å²) in [5.74, 6) is 0.165. The molecule has 1 aromatic carbocycles. The van der Waals surface area contributed by atoms with Crippen molar-refractivity contribution in [1.29, 1.82) is 0 Å². The van der Waals surface area contributed by atoms with Gasteiger partial charge in [0.1, 0.15) is 5.75 Å². The Morgan fingerprint density at radius 3 is 2.27 bits per heavy atom. The van der Waals surface area contributed by atoms with Gasteiger partial charge in [0.15, 0.2) is 5.82 Å². The molecule has 26 heavy (non-hydrogen) atoms. The molecule has 0 spiro atoms. The van der Waals surface area contributed by atoms with Crippen LogP contribution in [0.15, 0.2) is 30.5 Å². The van der Waals surface area contributed by atoms with E-state index in [1.54, 1.807) is 7.11 Å². The number of aromatic nitrogens is 2. The predicted octanol–water partition coefficient (Wildman–Crippen LogP) is 2.54. The van der Waals surface area contributed by atoms with Gasteiger partial charge in [0.25, 0.3) is 5.95 Å². The van der Waals surface area contributed by atoms with Crippen molar-refractivity contribution in [1.82, 2.24) is 9.97 Å². The fraction of sp³-hybridized carbons (Fsp3) is 0.444. The average Bonchev–Trinajstić information content (AvgIpc) is 2.82. The lowest BCUT2D eigenvalue weighted by Crippen LogP contribution is -2.41. The second-order valence-electron chi connectivity index (χ2n) is 7.22. The number of ether oxygens (including phenoxy) is 1. The Balaban J connectivity index is 1.68. The van der Waals surface area contributed by atoms with Crippen LogP contribution in [-0.2, 0) is 15.9 Å². The molecular formula is C18H23BFN3O3. The van der Waals surface area contributed by atoms with Crippen LogP contribution < -0.4 is 15.6 Å². The van der Waals surface area contributed by atoms with E-state index in [2.05, 4.69) is 15.3 Å². The third-order valence-corrected chi connectivity index (χ3v) is 4.86. The number of halogens is 1. The van der Waals surface area contributed by atoms with Crippen LogP contribution in [0.3, 0.4) is 0 Å². The molecule has 1 aromatic heterocycles. The minimum absolute atomic E-state index is 0.0843. The first-order valence-corrected chi connectivity index (χ1v) is 8.47. The standard InChI is InChI=1S/C18H23BFN3O3/c1-17(2)18(3,4)26-19(25-17)14-11-22-16(15(20)23-14)21-10-12-6-8-13(24-5)9-7-12/h6-9,11H,10H2,1-5H3,(H,21,22). The number of hydrogen-bond acceptors (Lipinski definition) is 6. The van der Waals surface area contributed by atoms with Gasteiger partial charge in [-0.25, -0.2) is 9.97 Å². The van der Waals surface area contributed by atoms with E-state index in [1.807, 2.05) is 52.0 Å². The van der Waals surface area contributed by atoms with Crippen LogP contribution in [0.1, 0.15) is 33.3 Å². The normalized spacial score (nSPS) is 18.0. The second-order valence-corrected chi connectivity index (χ2v) is 7.22. The molecule has 1 saturated heterocycles. The summed E-state index contributed by atoms with van der Waals surface area (Å²) in [6.45, 7) is 8.15. The highest BCUT2D eigenvalue weighted by Crippen LogP contribution is 2.36. The van der Waals surface area contributed by atoms with Gasteiger partial charge in [0.2, 0.25) is 0 Å². The molecule has 2 heterocycles. The van der Waals surface area contributed by atoms with Crippen LogP contribution in [0.2, 0.25) is 0 Å². The number of nitrogens with one attached hydrogen (secondary N) is 1. The van der Waals surface area contributed by atoms with Crippen molar-refractivity contribution in [2.24, 2.45) is 0 Å². The molecule has 0 amide bonds. The fourth-order valence-electron chi connectivity index (χ4n) is 2.50. The van der Waals surface area contributed by atoms with Crippen molar-refractivity contribution in [2.45, 2.75) is 45.4 Å². The van der Waals surface area contributed by atoms with Crippen molar-refractivity contribution in [2.75, 3.05) is 12.4 Å². The second kappa shape index (κ2) is 6.85. The molecule has 1 aliphatic heterocycles. The first kappa shape index (κ1) is 18.6. The molecule has 2 aromatic rings. The van der Waals surface area contributed by atoms with E-state index < -0.39 is 24.3 Å². The Kier molecular flexibility index (Phi) is 4.90. The summed E-state index contributed by atoms with van der Waals surface area (Å²) in [4.78, 5) is 8.10. The number of benzene rings is 1. The molecule has 0 atom stereocenters. The van der Waals surface area contributed by atoms with E-state index in [-0.39, 0.29) is 5.82 Å². The van der Waals surface area contributed by atoms with Crippen molar-refractivity contribution in [3.05, 3.63) is 42.0 Å². The molecule has 138 valence electrons. The zero-order chi connectivity index (χ0) is 18.9. The summed E-state index contributed by atoms with van der Waals surface area (Å²) < 4.78 is 31.2. The van der Waals surface area contributed by atoms with Gasteiger partial charge in [-0.15, -0.1) is 0 Å². The zero-order valence-corrected chi connectivity index (χ0v) is 15.7. The Hall–Kier alpha value is -2.19. The Labute approximate surface area is 153 Å². The highest BCUT2D eigenvalue weighted by Gasteiger charge is 2.52. The monoisotopic (exact) mass is 359 g/mol. The maximum Gasteiger partial charge on any atom is 0.516 e. The molecule has 0 bridgehead atoms. The van der Waals surface area contributed by atoms with Crippen LogP contribution in [0.4, 0.5) is 10.2 Å². The summed E-state index contributed by atoms with van der Waals surface area (Å²) in [5.41, 5.74) is 0.264. The highest BCUT2D eigenvalue weighted by molar-refractivity contribution is 6.61. The number of nitrogens with zero attached hydrogens (tertiary/aromatic N) is 2. The number of hydrogen-bond donors (Lipinski definition) is 1. The molecule has 8 heteroatoms. The van der Waals surface area contributed by atoms with Gasteiger partial charge >= 0.3 is 7.12 Å².